The second-order valence-electron chi connectivity index (χ2n) is 2.78. The molecule has 0 fully saturated rings. The Hall–Kier alpha value is -0.670. The maximum Gasteiger partial charge on any atom is 0.202 e. The molecular formula is C10H7BrOS. The molecule has 1 aromatic heterocycles. The second kappa shape index (κ2) is 3.60. The van der Waals surface area contributed by atoms with Crippen molar-refractivity contribution in [3.8, 4) is 0 Å². The summed E-state index contributed by atoms with van der Waals surface area (Å²) < 4.78 is 1.28. The number of carbonyl (C=O) groups excluding carboxylic acids is 1. The predicted molar refractivity (Wildman–Crippen MR) is 59.5 cm³/mol. The van der Waals surface area contributed by atoms with Crippen molar-refractivity contribution >= 4 is 42.0 Å². The Labute approximate surface area is 88.5 Å². The zero-order chi connectivity index (χ0) is 9.26. The number of hydrogen-bond donors (Lipinski definition) is 0. The number of halogens is 1. The average Bonchev–Trinajstić information content (AvgIpc) is 2.44. The van der Waals surface area contributed by atoms with E-state index in [2.05, 4.69) is 34.1 Å². The maximum absolute atomic E-state index is 10.8. The summed E-state index contributed by atoms with van der Waals surface area (Å²) in [6, 6.07) is 10.2. The van der Waals surface area contributed by atoms with E-state index in [4.69, 9.17) is 0 Å². The Morgan fingerprint density at radius 2 is 2.15 bits per heavy atom. The Morgan fingerprint density at radius 1 is 1.38 bits per heavy atom. The van der Waals surface area contributed by atoms with Gasteiger partial charge in [0.05, 0.1) is 6.42 Å². The molecule has 0 bridgehead atoms. The molecule has 0 N–H and O–H groups in total. The lowest BCUT2D eigenvalue weighted by molar-refractivity contribution is -0.109. The molecule has 1 nitrogen and oxygen atoms in total. The molecule has 66 valence electrons. The van der Waals surface area contributed by atoms with Crippen LogP contribution in [0.4, 0.5) is 0 Å². The van der Waals surface area contributed by atoms with Gasteiger partial charge in [-0.2, -0.15) is 0 Å². The molecule has 0 amide bonds. The maximum atomic E-state index is 10.8. The van der Waals surface area contributed by atoms with Crippen LogP contribution in [0.1, 0.15) is 4.88 Å². The fraction of sp³-hybridized carbons (Fsp3) is 0.100. The summed E-state index contributed by atoms with van der Waals surface area (Å²) in [5, 5.41) is 1.22. The van der Waals surface area contributed by atoms with Crippen LogP contribution in [0.5, 0.6) is 0 Å². The minimum atomic E-state index is 0.0408. The van der Waals surface area contributed by atoms with E-state index in [0.29, 0.717) is 6.42 Å². The lowest BCUT2D eigenvalue weighted by Gasteiger charge is -1.85. The smallest absolute Gasteiger partial charge is 0.202 e. The molecule has 0 saturated heterocycles. The average molecular weight is 255 g/mol. The molecule has 0 aliphatic rings. The van der Waals surface area contributed by atoms with Crippen LogP contribution in [0, 0.1) is 0 Å². The number of benzene rings is 1. The van der Waals surface area contributed by atoms with Gasteiger partial charge in [-0.3, -0.25) is 4.79 Å². The van der Waals surface area contributed by atoms with Gasteiger partial charge in [-0.05, 0) is 33.4 Å². The predicted octanol–water partition coefficient (Wildman–Crippen LogP) is 3.37. The van der Waals surface area contributed by atoms with Crippen LogP contribution in [0.25, 0.3) is 10.1 Å². The van der Waals surface area contributed by atoms with Crippen LogP contribution in [0.3, 0.4) is 0 Å². The van der Waals surface area contributed by atoms with Gasteiger partial charge in [0, 0.05) is 9.58 Å². The molecule has 13 heavy (non-hydrogen) atoms. The van der Waals surface area contributed by atoms with Crippen LogP contribution in [-0.2, 0) is 11.2 Å². The third kappa shape index (κ3) is 1.98. The molecule has 2 rings (SSSR count). The Balaban J connectivity index is 2.44. The molecule has 3 heteroatoms. The summed E-state index contributed by atoms with van der Waals surface area (Å²) in [7, 11) is 0. The highest BCUT2D eigenvalue weighted by Crippen LogP contribution is 2.25. The van der Waals surface area contributed by atoms with Crippen molar-refractivity contribution in [2.75, 3.05) is 0 Å². The summed E-state index contributed by atoms with van der Waals surface area (Å²) >= 11 is 4.61. The molecule has 1 aromatic carbocycles. The van der Waals surface area contributed by atoms with Crippen molar-refractivity contribution < 1.29 is 4.79 Å². The number of carbonyl (C=O) groups is 1. The third-order valence-corrected chi connectivity index (χ3v) is 3.19. The molecule has 0 aliphatic heterocycles. The zero-order valence-electron chi connectivity index (χ0n) is 6.79. The quantitative estimate of drug-likeness (QED) is 0.752. The summed E-state index contributed by atoms with van der Waals surface area (Å²) in [4.78, 5) is 11.9. The van der Waals surface area contributed by atoms with Crippen LogP contribution in [0.15, 0.2) is 30.3 Å². The summed E-state index contributed by atoms with van der Waals surface area (Å²) in [6.07, 6.45) is 0.485. The molecule has 2 aromatic rings. The highest BCUT2D eigenvalue weighted by molar-refractivity contribution is 9.18. The molecule has 0 spiro atoms. The number of rotatable bonds is 2. The fourth-order valence-electron chi connectivity index (χ4n) is 1.26. The zero-order valence-corrected chi connectivity index (χ0v) is 9.19. The van der Waals surface area contributed by atoms with E-state index in [1.54, 1.807) is 11.3 Å². The van der Waals surface area contributed by atoms with Crippen molar-refractivity contribution in [3.63, 3.8) is 0 Å². The second-order valence-corrected chi connectivity index (χ2v) is 4.84. The lowest BCUT2D eigenvalue weighted by Crippen LogP contribution is -1.87. The van der Waals surface area contributed by atoms with Crippen molar-refractivity contribution in [2.24, 2.45) is 0 Å². The topological polar surface area (TPSA) is 17.1 Å². The minimum Gasteiger partial charge on any atom is -0.286 e. The highest BCUT2D eigenvalue weighted by atomic mass is 79.9. The molecule has 0 atom stereocenters. The van der Waals surface area contributed by atoms with Gasteiger partial charge in [0.2, 0.25) is 4.69 Å². The minimum absolute atomic E-state index is 0.0408. The van der Waals surface area contributed by atoms with Crippen LogP contribution in [-0.4, -0.2) is 4.69 Å². The van der Waals surface area contributed by atoms with Gasteiger partial charge in [-0.25, -0.2) is 0 Å². The van der Waals surface area contributed by atoms with E-state index in [1.165, 1.54) is 10.1 Å². The third-order valence-electron chi connectivity index (χ3n) is 1.79. The standard InChI is InChI=1S/C10H7BrOS/c11-10(12)6-8-5-7-3-1-2-4-9(7)13-8/h1-5H,6H2. The molecular weight excluding hydrogens is 248 g/mol. The van der Waals surface area contributed by atoms with Crippen LogP contribution in [0.2, 0.25) is 0 Å². The van der Waals surface area contributed by atoms with Crippen LogP contribution < -0.4 is 0 Å². The van der Waals surface area contributed by atoms with Gasteiger partial charge in [-0.1, -0.05) is 18.2 Å². The summed E-state index contributed by atoms with van der Waals surface area (Å²) in [6.45, 7) is 0. The first-order valence-corrected chi connectivity index (χ1v) is 5.52. The van der Waals surface area contributed by atoms with Crippen molar-refractivity contribution in [3.05, 3.63) is 35.2 Å². The van der Waals surface area contributed by atoms with Gasteiger partial charge in [0.15, 0.2) is 0 Å². The monoisotopic (exact) mass is 254 g/mol. The van der Waals surface area contributed by atoms with E-state index >= 15 is 0 Å². The first-order chi connectivity index (χ1) is 6.25. The largest absolute Gasteiger partial charge is 0.286 e. The van der Waals surface area contributed by atoms with Crippen molar-refractivity contribution in [2.45, 2.75) is 6.42 Å². The molecule has 0 radical (unpaired) electrons. The van der Waals surface area contributed by atoms with Gasteiger partial charge in [0.25, 0.3) is 0 Å². The number of fused-ring (bicyclic) bond motifs is 1. The Kier molecular flexibility index (Phi) is 2.47. The van der Waals surface area contributed by atoms with Gasteiger partial charge in [0.1, 0.15) is 0 Å². The van der Waals surface area contributed by atoms with E-state index in [0.717, 1.165) is 4.88 Å². The first-order valence-electron chi connectivity index (χ1n) is 3.91. The first kappa shape index (κ1) is 8.91. The fourth-order valence-corrected chi connectivity index (χ4v) is 2.81. The van der Waals surface area contributed by atoms with E-state index in [9.17, 15) is 4.79 Å². The molecule has 1 heterocycles. The number of hydrogen-bond acceptors (Lipinski definition) is 2. The Morgan fingerprint density at radius 3 is 2.85 bits per heavy atom. The highest BCUT2D eigenvalue weighted by Gasteiger charge is 2.03. The number of thiophene rings is 1. The van der Waals surface area contributed by atoms with E-state index in [-0.39, 0.29) is 4.69 Å². The van der Waals surface area contributed by atoms with Crippen LogP contribution >= 0.6 is 27.3 Å². The van der Waals surface area contributed by atoms with Crippen molar-refractivity contribution in [1.29, 1.82) is 0 Å². The van der Waals surface area contributed by atoms with Gasteiger partial charge < -0.3 is 0 Å². The van der Waals surface area contributed by atoms with E-state index in [1.807, 2.05) is 12.1 Å². The normalized spacial score (nSPS) is 10.5. The molecule has 0 unspecified atom stereocenters. The summed E-state index contributed by atoms with van der Waals surface area (Å²) in [5.41, 5.74) is 0. The van der Waals surface area contributed by atoms with Crippen molar-refractivity contribution in [1.82, 2.24) is 0 Å². The molecule has 0 aliphatic carbocycles. The molecule has 0 saturated carbocycles. The Bertz CT molecular complexity index is 414. The van der Waals surface area contributed by atoms with E-state index < -0.39 is 0 Å². The van der Waals surface area contributed by atoms with Gasteiger partial charge in [-0.15, -0.1) is 11.3 Å². The lowest BCUT2D eigenvalue weighted by atomic mass is 10.2. The SMILES string of the molecule is O=C(Br)Cc1cc2ccccc2s1. The van der Waals surface area contributed by atoms with Gasteiger partial charge >= 0.3 is 0 Å². The summed E-state index contributed by atoms with van der Waals surface area (Å²) in [5.74, 6) is 0.